The molecule has 30 heavy (non-hydrogen) atoms. The smallest absolute Gasteiger partial charge is 0.340 e. The third-order valence-electron chi connectivity index (χ3n) is 4.89. The molecule has 1 heterocycles. The molecule has 159 valence electrons. The monoisotopic (exact) mass is 448 g/mol. The van der Waals surface area contributed by atoms with Gasteiger partial charge in [0, 0.05) is 31.0 Å². The molecule has 0 amide bonds. The van der Waals surface area contributed by atoms with E-state index in [1.165, 1.54) is 7.05 Å². The summed E-state index contributed by atoms with van der Waals surface area (Å²) in [5.74, 6) is 0. The molecular weight excluding hydrogens is 426 g/mol. The maximum atomic E-state index is 12.8. The first kappa shape index (κ1) is 22.3. The Bertz CT molecular complexity index is 1220. The molecule has 0 fully saturated rings. The number of anilines is 1. The zero-order valence-corrected chi connectivity index (χ0v) is 18.5. The van der Waals surface area contributed by atoms with E-state index in [0.29, 0.717) is 23.3 Å². The van der Waals surface area contributed by atoms with Crippen LogP contribution in [-0.4, -0.2) is 34.0 Å². The van der Waals surface area contributed by atoms with Crippen molar-refractivity contribution >= 4 is 38.5 Å². The second-order valence-corrected chi connectivity index (χ2v) is 8.86. The molecular formula is C21H23ClN3O4S. The molecule has 0 unspecified atom stereocenters. The Kier molecular flexibility index (Phi) is 6.82. The molecule has 0 bridgehead atoms. The van der Waals surface area contributed by atoms with E-state index in [1.54, 1.807) is 30.3 Å². The Morgan fingerprint density at radius 1 is 1.23 bits per heavy atom. The number of nitrogens with one attached hydrogen (secondary N) is 2. The number of hydrogen-bond donors (Lipinski definition) is 2. The predicted octanol–water partition coefficient (Wildman–Crippen LogP) is 3.17. The lowest BCUT2D eigenvalue weighted by molar-refractivity contribution is 0.344. The van der Waals surface area contributed by atoms with Crippen molar-refractivity contribution in [3.63, 3.8) is 0 Å². The van der Waals surface area contributed by atoms with Crippen molar-refractivity contribution in [2.24, 2.45) is 0 Å². The summed E-state index contributed by atoms with van der Waals surface area (Å²) >= 11 is 6.47. The fraction of sp³-hybridized carbons (Fsp3) is 0.286. The molecule has 2 aromatic carbocycles. The maximum absolute atomic E-state index is 12.8. The molecule has 7 nitrogen and oxygen atoms in total. The third kappa shape index (κ3) is 4.84. The van der Waals surface area contributed by atoms with E-state index < -0.39 is 15.8 Å². The van der Waals surface area contributed by atoms with E-state index >= 15 is 0 Å². The van der Waals surface area contributed by atoms with Gasteiger partial charge in [-0.2, -0.15) is 8.42 Å². The Morgan fingerprint density at radius 3 is 2.70 bits per heavy atom. The fourth-order valence-corrected chi connectivity index (χ4v) is 3.98. The van der Waals surface area contributed by atoms with Gasteiger partial charge in [0.1, 0.15) is 5.58 Å². The van der Waals surface area contributed by atoms with Gasteiger partial charge >= 0.3 is 5.63 Å². The lowest BCUT2D eigenvalue weighted by Gasteiger charge is -2.18. The highest BCUT2D eigenvalue weighted by molar-refractivity contribution is 7.90. The summed E-state index contributed by atoms with van der Waals surface area (Å²) < 4.78 is 33.8. The van der Waals surface area contributed by atoms with Gasteiger partial charge in [0.25, 0.3) is 10.2 Å². The van der Waals surface area contributed by atoms with E-state index in [4.69, 9.17) is 16.0 Å². The number of nitrogens with zero attached hydrogens (tertiary/aromatic N) is 1. The highest BCUT2D eigenvalue weighted by Gasteiger charge is 2.19. The van der Waals surface area contributed by atoms with Gasteiger partial charge in [-0.25, -0.2) is 9.52 Å². The Labute approximate surface area is 180 Å². The van der Waals surface area contributed by atoms with E-state index in [0.717, 1.165) is 17.5 Å². The average molecular weight is 449 g/mol. The van der Waals surface area contributed by atoms with Crippen LogP contribution < -0.4 is 15.1 Å². The molecule has 0 aliphatic carbocycles. The minimum Gasteiger partial charge on any atom is -0.422 e. The molecule has 1 aromatic heterocycles. The number of hydrogen-bond acceptors (Lipinski definition) is 5. The first-order valence-electron chi connectivity index (χ1n) is 9.37. The Balaban J connectivity index is 2.11. The number of rotatable bonds is 8. The molecule has 9 heteroatoms. The SMILES string of the molecule is CCN(C)Cc1c(Cc2cccc(NS(=O)(=O)NC)c2Cl)c(=O)oc2c[c]ccc12. The first-order chi connectivity index (χ1) is 14.3. The first-order valence-corrected chi connectivity index (χ1v) is 11.2. The lowest BCUT2D eigenvalue weighted by Crippen LogP contribution is -2.26. The summed E-state index contributed by atoms with van der Waals surface area (Å²) in [6.45, 7) is 3.40. The normalized spacial score (nSPS) is 11.9. The van der Waals surface area contributed by atoms with Gasteiger partial charge in [0.15, 0.2) is 0 Å². The summed E-state index contributed by atoms with van der Waals surface area (Å²) in [6, 6.07) is 13.2. The summed E-state index contributed by atoms with van der Waals surface area (Å²) in [4.78, 5) is 14.9. The van der Waals surface area contributed by atoms with Crippen molar-refractivity contribution < 1.29 is 12.8 Å². The fourth-order valence-electron chi connectivity index (χ4n) is 3.12. The molecule has 1 radical (unpaired) electrons. The summed E-state index contributed by atoms with van der Waals surface area (Å²) in [7, 11) is -0.452. The highest BCUT2D eigenvalue weighted by atomic mass is 35.5. The molecule has 0 spiro atoms. The summed E-state index contributed by atoms with van der Waals surface area (Å²) in [6.07, 6.45) is 0.206. The van der Waals surface area contributed by atoms with Crippen molar-refractivity contribution in [2.45, 2.75) is 19.9 Å². The number of benzene rings is 2. The highest BCUT2D eigenvalue weighted by Crippen LogP contribution is 2.30. The largest absolute Gasteiger partial charge is 0.422 e. The lowest BCUT2D eigenvalue weighted by atomic mass is 9.98. The van der Waals surface area contributed by atoms with E-state index in [9.17, 15) is 13.2 Å². The minimum atomic E-state index is -3.72. The quantitative estimate of drug-likeness (QED) is 0.516. The standard InChI is InChI=1S/C21H23ClN3O4S/c1-4-25(3)13-17-15-9-5-6-11-19(15)29-21(26)16(17)12-14-8-7-10-18(20(14)22)24-30(27,28)23-2/h5,7-11,23-24H,4,12-13H2,1-3H3. The van der Waals surface area contributed by atoms with Crippen LogP contribution in [0.4, 0.5) is 5.69 Å². The van der Waals surface area contributed by atoms with E-state index in [1.807, 2.05) is 20.0 Å². The molecule has 0 aliphatic heterocycles. The van der Waals surface area contributed by atoms with Crippen LogP contribution in [0.25, 0.3) is 11.0 Å². The second-order valence-electron chi connectivity index (χ2n) is 6.86. The Hall–Kier alpha value is -2.39. The minimum absolute atomic E-state index is 0.206. The van der Waals surface area contributed by atoms with Crippen LogP contribution in [0.3, 0.4) is 0 Å². The summed E-state index contributed by atoms with van der Waals surface area (Å²) in [5, 5.41) is 1.07. The summed E-state index contributed by atoms with van der Waals surface area (Å²) in [5.41, 5.74) is 2.23. The van der Waals surface area contributed by atoms with Crippen LogP contribution in [0.1, 0.15) is 23.6 Å². The van der Waals surface area contributed by atoms with Crippen LogP contribution in [-0.2, 0) is 23.2 Å². The van der Waals surface area contributed by atoms with E-state index in [2.05, 4.69) is 20.4 Å². The maximum Gasteiger partial charge on any atom is 0.340 e. The van der Waals surface area contributed by atoms with Gasteiger partial charge in [-0.3, -0.25) is 4.72 Å². The number of fused-ring (bicyclic) bond motifs is 1. The van der Waals surface area contributed by atoms with Crippen molar-refractivity contribution in [3.8, 4) is 0 Å². The molecule has 3 rings (SSSR count). The van der Waals surface area contributed by atoms with Crippen molar-refractivity contribution in [1.29, 1.82) is 0 Å². The average Bonchev–Trinajstić information content (AvgIpc) is 2.72. The van der Waals surface area contributed by atoms with Crippen molar-refractivity contribution in [2.75, 3.05) is 25.4 Å². The molecule has 0 saturated heterocycles. The van der Waals surface area contributed by atoms with Crippen LogP contribution in [0.15, 0.2) is 45.6 Å². The van der Waals surface area contributed by atoms with Crippen LogP contribution in [0.5, 0.6) is 0 Å². The van der Waals surface area contributed by atoms with Gasteiger partial charge in [0.05, 0.1) is 10.7 Å². The Morgan fingerprint density at radius 2 is 2.00 bits per heavy atom. The third-order valence-corrected chi connectivity index (χ3v) is 6.36. The molecule has 0 atom stereocenters. The van der Waals surface area contributed by atoms with Gasteiger partial charge < -0.3 is 9.32 Å². The molecule has 3 aromatic rings. The molecule has 0 saturated carbocycles. The van der Waals surface area contributed by atoms with E-state index in [-0.39, 0.29) is 17.1 Å². The zero-order valence-electron chi connectivity index (χ0n) is 17.0. The predicted molar refractivity (Wildman–Crippen MR) is 119 cm³/mol. The van der Waals surface area contributed by atoms with Crippen LogP contribution in [0, 0.1) is 6.07 Å². The second kappa shape index (κ2) is 9.18. The topological polar surface area (TPSA) is 91.7 Å². The molecule has 2 N–H and O–H groups in total. The van der Waals surface area contributed by atoms with Gasteiger partial charge in [-0.05, 0) is 42.9 Å². The molecule has 0 aliphatic rings. The van der Waals surface area contributed by atoms with Crippen LogP contribution >= 0.6 is 11.6 Å². The number of halogens is 1. The van der Waals surface area contributed by atoms with Crippen molar-refractivity contribution in [3.05, 3.63) is 74.6 Å². The van der Waals surface area contributed by atoms with Crippen LogP contribution in [0.2, 0.25) is 5.02 Å². The van der Waals surface area contributed by atoms with Gasteiger partial charge in [-0.15, -0.1) is 0 Å². The van der Waals surface area contributed by atoms with Gasteiger partial charge in [0.2, 0.25) is 0 Å². The zero-order chi connectivity index (χ0) is 21.9. The van der Waals surface area contributed by atoms with Crippen molar-refractivity contribution in [1.82, 2.24) is 9.62 Å². The van der Waals surface area contributed by atoms with Gasteiger partial charge in [-0.1, -0.05) is 42.8 Å².